The van der Waals surface area contributed by atoms with Crippen molar-refractivity contribution in [3.63, 3.8) is 0 Å². The highest BCUT2D eigenvalue weighted by Gasteiger charge is 2.50. The van der Waals surface area contributed by atoms with E-state index in [4.69, 9.17) is 14.9 Å². The van der Waals surface area contributed by atoms with Gasteiger partial charge in [0.25, 0.3) is 5.91 Å². The number of nitrogens with zero attached hydrogens (tertiary/aromatic N) is 2. The first-order valence-electron chi connectivity index (χ1n) is 30.0. The number of aromatic hydroxyl groups is 1. The SMILES string of the molecule is CCCCCOc1ccc(-c2ccc(-c3ccc(C(=O)N[C@H]4C[C@@H](O)[C@@H](C)NC(=O)C5[C@@H](O)[C@@H](C)CN5C(=O)C([C@@H](C)O)NC(=O)C([C@H](O)[C@@H](O)c5ccc(O)cc5)CC(=O)C5C[C@@H](O)CN5C(=O)C([C@@H](C)O)NC4=O)cc3)cc2)cc1.OCCOCCO. The molecule has 0 spiro atoms. The molecule has 3 fully saturated rings. The summed E-state index contributed by atoms with van der Waals surface area (Å²) in [7, 11) is 0. The van der Waals surface area contributed by atoms with E-state index < -0.39 is 158 Å². The zero-order valence-electron chi connectivity index (χ0n) is 50.6. The molecule has 89 heavy (non-hydrogen) atoms. The van der Waals surface area contributed by atoms with Crippen LogP contribution in [0.3, 0.4) is 0 Å². The Balaban J connectivity index is 0.00000170. The number of rotatable bonds is 18. The summed E-state index contributed by atoms with van der Waals surface area (Å²) in [6, 6.07) is 16.9. The highest BCUT2D eigenvalue weighted by atomic mass is 16.5. The number of phenols is 1. The number of fused-ring (bicyclic) bond motifs is 2. The van der Waals surface area contributed by atoms with E-state index >= 15 is 0 Å². The highest BCUT2D eigenvalue weighted by Crippen LogP contribution is 2.32. The van der Waals surface area contributed by atoms with E-state index in [9.17, 15) is 74.4 Å². The topological polar surface area (TPSA) is 395 Å². The molecule has 0 bridgehead atoms. The van der Waals surface area contributed by atoms with Crippen molar-refractivity contribution in [1.82, 2.24) is 31.1 Å². The Morgan fingerprint density at radius 3 is 1.72 bits per heavy atom. The number of aliphatic hydroxyl groups excluding tert-OH is 9. The highest BCUT2D eigenvalue weighted by molar-refractivity contribution is 6.00. The van der Waals surface area contributed by atoms with Gasteiger partial charge in [0.2, 0.25) is 29.5 Å². The number of hydrogen-bond donors (Lipinski definition) is 14. The van der Waals surface area contributed by atoms with Crippen molar-refractivity contribution in [3.8, 4) is 33.8 Å². The first-order valence-corrected chi connectivity index (χ1v) is 30.0. The van der Waals surface area contributed by atoms with Gasteiger partial charge in [0.1, 0.15) is 41.8 Å². The van der Waals surface area contributed by atoms with Gasteiger partial charge in [-0.25, -0.2) is 0 Å². The summed E-state index contributed by atoms with van der Waals surface area (Å²) in [5, 5.41) is 115. The molecule has 14 N–H and O–H groups in total. The lowest BCUT2D eigenvalue weighted by atomic mass is 9.86. The molecule has 15 atom stereocenters. The standard InChI is InChI=1S/C60H76N6O16.C4H10O3/c1-6-7-8-25-82-43-23-19-38(20-24-43)36-11-9-35(10-12-36)37-13-15-40(16-14-37)55(76)62-45-28-47(71)32(3)61-58(79)51-52(73)31(2)29-66(51)60(81)50(34(5)68)63-56(77)44(54(75)53(74)39-17-21-41(69)22-18-39)27-48(72)46-26-42(70)30-65(46)59(80)49(33(4)67)64-57(45)78;5-1-3-7-4-2-6/h9-24,31-34,42,44-47,49-54,67-71,73-75H,6-8,25-30H2,1-5H3,(H,61,79)(H,62,76)(H,63,77)(H,64,78);5-6H,1-4H2/t31-,32+,33+,34+,42+,44?,45-,46?,47+,49?,50?,51?,52-,53-,54-;/m0./s1. The number of nitrogens with one attached hydrogen (secondary N) is 4. The number of ketones is 1. The fraction of sp³-hybridized carbons (Fsp3) is 0.516. The third-order valence-electron chi connectivity index (χ3n) is 16.1. The lowest BCUT2D eigenvalue weighted by molar-refractivity contribution is -0.148. The lowest BCUT2D eigenvalue weighted by Crippen LogP contribution is -2.61. The van der Waals surface area contributed by atoms with Crippen LogP contribution in [0.25, 0.3) is 22.3 Å². The van der Waals surface area contributed by atoms with Gasteiger partial charge in [0.15, 0.2) is 5.78 Å². The average molecular weight is 1240 g/mol. The van der Waals surface area contributed by atoms with Gasteiger partial charge in [0, 0.05) is 43.8 Å². The number of Topliss-reactive ketones (excluding diaryl/α,β-unsaturated/α-hetero) is 1. The Morgan fingerprint density at radius 2 is 1.18 bits per heavy atom. The molecule has 0 radical (unpaired) electrons. The number of aliphatic hydroxyl groups is 9. The summed E-state index contributed by atoms with van der Waals surface area (Å²) in [5.74, 6) is -9.40. The maximum Gasteiger partial charge on any atom is 0.251 e. The van der Waals surface area contributed by atoms with Crippen LogP contribution in [0.15, 0.2) is 97.1 Å². The number of carbonyl (C=O) groups is 7. The Labute approximate surface area is 516 Å². The Hall–Kier alpha value is -7.43. The minimum Gasteiger partial charge on any atom is -0.508 e. The molecule has 3 saturated heterocycles. The second-order valence-corrected chi connectivity index (χ2v) is 23.0. The zero-order chi connectivity index (χ0) is 65.2. The molecule has 4 aromatic carbocycles. The average Bonchev–Trinajstić information content (AvgIpc) is 1.79. The lowest BCUT2D eigenvalue weighted by Gasteiger charge is -2.33. The van der Waals surface area contributed by atoms with Crippen LogP contribution in [0.5, 0.6) is 11.5 Å². The van der Waals surface area contributed by atoms with Crippen LogP contribution in [-0.4, -0.2) is 221 Å². The van der Waals surface area contributed by atoms with Crippen LogP contribution in [-0.2, 0) is 33.5 Å². The Bertz CT molecular complexity index is 2970. The number of carbonyl (C=O) groups excluding carboxylic acids is 7. The van der Waals surface area contributed by atoms with Crippen molar-refractivity contribution >= 4 is 41.2 Å². The van der Waals surface area contributed by atoms with Gasteiger partial charge in [0.05, 0.1) is 87.7 Å². The molecule has 25 heteroatoms. The monoisotopic (exact) mass is 1240 g/mol. The number of ether oxygens (including phenoxy) is 2. The molecule has 486 valence electrons. The van der Waals surface area contributed by atoms with Gasteiger partial charge < -0.3 is 91.6 Å². The Morgan fingerprint density at radius 1 is 0.652 bits per heavy atom. The molecule has 4 aromatic rings. The first-order chi connectivity index (χ1) is 42.4. The fourth-order valence-corrected chi connectivity index (χ4v) is 10.9. The van der Waals surface area contributed by atoms with Crippen LogP contribution in [0.2, 0.25) is 0 Å². The van der Waals surface area contributed by atoms with Crippen molar-refractivity contribution < 1.29 is 94.1 Å². The number of phenolic OH excluding ortho intramolecular Hbond substituents is 1. The molecule has 3 aliphatic rings. The molecule has 0 aliphatic carbocycles. The van der Waals surface area contributed by atoms with Crippen LogP contribution < -0.4 is 26.0 Å². The number of amides is 6. The molecule has 0 saturated carbocycles. The van der Waals surface area contributed by atoms with E-state index in [0.29, 0.717) is 19.8 Å². The van der Waals surface area contributed by atoms with E-state index in [1.54, 1.807) is 12.1 Å². The maximum absolute atomic E-state index is 14.5. The predicted molar refractivity (Wildman–Crippen MR) is 323 cm³/mol. The number of hydrogen-bond acceptors (Lipinski definition) is 19. The van der Waals surface area contributed by atoms with E-state index in [-0.39, 0.29) is 36.6 Å². The van der Waals surface area contributed by atoms with Crippen LogP contribution in [0, 0.1) is 11.8 Å². The van der Waals surface area contributed by atoms with Crippen molar-refractivity contribution in [2.75, 3.05) is 46.1 Å². The molecule has 7 rings (SSSR count). The smallest absolute Gasteiger partial charge is 0.251 e. The van der Waals surface area contributed by atoms with Crippen LogP contribution in [0.4, 0.5) is 0 Å². The van der Waals surface area contributed by atoms with Gasteiger partial charge in [-0.1, -0.05) is 87.4 Å². The summed E-state index contributed by atoms with van der Waals surface area (Å²) in [4.78, 5) is 103. The molecular weight excluding hydrogens is 1160 g/mol. The summed E-state index contributed by atoms with van der Waals surface area (Å²) in [6.07, 6.45) is -10.9. The molecule has 25 nitrogen and oxygen atoms in total. The predicted octanol–water partition coefficient (Wildman–Crippen LogP) is 0.221. The first kappa shape index (κ1) is 70.7. The quantitative estimate of drug-likeness (QED) is 0.0593. The number of unbranched alkanes of at least 4 members (excludes halogenated alkanes) is 2. The molecule has 3 heterocycles. The molecule has 6 amide bonds. The molecule has 0 aromatic heterocycles. The van der Waals surface area contributed by atoms with Gasteiger partial charge in [-0.3, -0.25) is 33.6 Å². The van der Waals surface area contributed by atoms with E-state index in [1.807, 2.05) is 48.5 Å². The van der Waals surface area contributed by atoms with E-state index in [1.165, 1.54) is 50.2 Å². The second kappa shape index (κ2) is 33.4. The summed E-state index contributed by atoms with van der Waals surface area (Å²) >= 11 is 0. The van der Waals surface area contributed by atoms with Crippen molar-refractivity contribution in [2.45, 2.75) is 152 Å². The summed E-state index contributed by atoms with van der Waals surface area (Å²) in [5.41, 5.74) is 3.61. The van der Waals surface area contributed by atoms with Gasteiger partial charge in [-0.05, 0) is 91.4 Å². The minimum absolute atomic E-state index is 0.0141. The minimum atomic E-state index is -2.15. The third-order valence-corrected chi connectivity index (χ3v) is 16.1. The van der Waals surface area contributed by atoms with Crippen LogP contribution in [0.1, 0.15) is 95.2 Å². The van der Waals surface area contributed by atoms with Gasteiger partial charge >= 0.3 is 0 Å². The summed E-state index contributed by atoms with van der Waals surface area (Å²) < 4.78 is 10.5. The third kappa shape index (κ3) is 18.8. The van der Waals surface area contributed by atoms with Crippen molar-refractivity contribution in [2.24, 2.45) is 11.8 Å². The Kier molecular flexibility index (Phi) is 26.5. The van der Waals surface area contributed by atoms with Crippen molar-refractivity contribution in [3.05, 3.63) is 108 Å². The molecular formula is C64H86N6O19. The van der Waals surface area contributed by atoms with Gasteiger partial charge in [-0.2, -0.15) is 0 Å². The zero-order valence-corrected chi connectivity index (χ0v) is 50.6. The number of benzene rings is 4. The largest absolute Gasteiger partial charge is 0.508 e. The second-order valence-electron chi connectivity index (χ2n) is 23.0. The van der Waals surface area contributed by atoms with Crippen LogP contribution >= 0.6 is 0 Å². The fourth-order valence-electron chi connectivity index (χ4n) is 10.9. The normalized spacial score (nSPS) is 26.2. The van der Waals surface area contributed by atoms with E-state index in [0.717, 1.165) is 70.9 Å². The summed E-state index contributed by atoms with van der Waals surface area (Å²) in [6.45, 7) is 7.89. The van der Waals surface area contributed by atoms with Crippen molar-refractivity contribution in [1.29, 1.82) is 0 Å². The van der Waals surface area contributed by atoms with Gasteiger partial charge in [-0.15, -0.1) is 0 Å². The molecule has 3 aliphatic heterocycles. The van der Waals surface area contributed by atoms with E-state index in [2.05, 4.69) is 32.9 Å². The molecule has 5 unspecified atom stereocenters. The maximum atomic E-state index is 14.5.